The normalized spacial score (nSPS) is 13.2. The van der Waals surface area contributed by atoms with Crippen LogP contribution < -0.4 is 0 Å². The van der Waals surface area contributed by atoms with Crippen LogP contribution in [0.5, 0.6) is 0 Å². The van der Waals surface area contributed by atoms with Gasteiger partial charge in [0.25, 0.3) is 0 Å². The van der Waals surface area contributed by atoms with Gasteiger partial charge in [0.05, 0.1) is 33.0 Å². The molecule has 0 aliphatic carbocycles. The third-order valence-corrected chi connectivity index (χ3v) is 1.70. The van der Waals surface area contributed by atoms with Gasteiger partial charge in [-0.3, -0.25) is 0 Å². The number of ether oxygens (including phenoxy) is 4. The van der Waals surface area contributed by atoms with E-state index in [0.717, 1.165) is 0 Å². The third kappa shape index (κ3) is 10.1. The summed E-state index contributed by atoms with van der Waals surface area (Å²) in [5.74, 6) is 0. The molecule has 0 aromatic carbocycles. The Hall–Kier alpha value is 0.190. The van der Waals surface area contributed by atoms with Crippen molar-refractivity contribution in [3.63, 3.8) is 0 Å². The highest BCUT2D eigenvalue weighted by atomic mass is 32.1. The lowest BCUT2D eigenvalue weighted by Gasteiger charge is -2.09. The van der Waals surface area contributed by atoms with E-state index in [2.05, 4.69) is 12.6 Å². The van der Waals surface area contributed by atoms with Crippen molar-refractivity contribution < 1.29 is 18.9 Å². The summed E-state index contributed by atoms with van der Waals surface area (Å²) >= 11 is 4.08. The lowest BCUT2D eigenvalue weighted by atomic mass is 10.7. The van der Waals surface area contributed by atoms with Crippen molar-refractivity contribution in [1.29, 1.82) is 0 Å². The van der Waals surface area contributed by atoms with Crippen molar-refractivity contribution in [3.8, 4) is 0 Å². The van der Waals surface area contributed by atoms with E-state index in [4.69, 9.17) is 18.9 Å². The van der Waals surface area contributed by atoms with Crippen molar-refractivity contribution >= 4 is 12.6 Å². The Bertz CT molecular complexity index is 102. The Morgan fingerprint density at radius 3 is 2.23 bits per heavy atom. The lowest BCUT2D eigenvalue weighted by Crippen LogP contribution is -2.15. The molecule has 0 aromatic rings. The summed E-state index contributed by atoms with van der Waals surface area (Å²) < 4.78 is 20.1. The van der Waals surface area contributed by atoms with Gasteiger partial charge >= 0.3 is 0 Å². The molecule has 0 amide bonds. The zero-order chi connectivity index (χ0) is 9.94. The van der Waals surface area contributed by atoms with E-state index in [0.29, 0.717) is 33.0 Å². The fraction of sp³-hybridized carbons (Fsp3) is 1.00. The molecular formula is C8H18O4S. The maximum absolute atomic E-state index is 5.20. The summed E-state index contributed by atoms with van der Waals surface area (Å²) in [6, 6.07) is 0. The zero-order valence-electron chi connectivity index (χ0n) is 8.19. The van der Waals surface area contributed by atoms with Gasteiger partial charge in [-0.1, -0.05) is 0 Å². The van der Waals surface area contributed by atoms with Gasteiger partial charge in [0.15, 0.2) is 0 Å². The molecular weight excluding hydrogens is 192 g/mol. The Balaban J connectivity index is 2.91. The van der Waals surface area contributed by atoms with Crippen LogP contribution in [0.15, 0.2) is 0 Å². The van der Waals surface area contributed by atoms with Gasteiger partial charge in [-0.25, -0.2) is 0 Å². The average Bonchev–Trinajstić information content (AvgIpc) is 2.16. The van der Waals surface area contributed by atoms with Crippen LogP contribution in [-0.2, 0) is 18.9 Å². The molecule has 0 aliphatic heterocycles. The lowest BCUT2D eigenvalue weighted by molar-refractivity contribution is 0.00433. The molecule has 80 valence electrons. The first kappa shape index (κ1) is 13.2. The molecule has 4 nitrogen and oxygen atoms in total. The Morgan fingerprint density at radius 1 is 1.00 bits per heavy atom. The van der Waals surface area contributed by atoms with Crippen LogP contribution in [0.1, 0.15) is 0 Å². The third-order valence-electron chi connectivity index (χ3n) is 1.34. The smallest absolute Gasteiger partial charge is 0.123 e. The summed E-state index contributed by atoms with van der Waals surface area (Å²) in [6.45, 7) is 2.84. The highest BCUT2D eigenvalue weighted by Crippen LogP contribution is 1.95. The van der Waals surface area contributed by atoms with Crippen LogP contribution in [-0.4, -0.2) is 52.7 Å². The van der Waals surface area contributed by atoms with Crippen molar-refractivity contribution in [1.82, 2.24) is 0 Å². The second kappa shape index (κ2) is 10.3. The maximum Gasteiger partial charge on any atom is 0.123 e. The molecule has 0 aromatic heterocycles. The fourth-order valence-electron chi connectivity index (χ4n) is 0.614. The molecule has 0 rings (SSSR count). The molecule has 0 N–H and O–H groups in total. The van der Waals surface area contributed by atoms with Gasteiger partial charge in [0, 0.05) is 14.2 Å². The van der Waals surface area contributed by atoms with Gasteiger partial charge in [0.1, 0.15) is 5.44 Å². The van der Waals surface area contributed by atoms with Crippen molar-refractivity contribution in [2.45, 2.75) is 5.44 Å². The molecule has 0 saturated carbocycles. The molecule has 0 spiro atoms. The number of hydrogen-bond donors (Lipinski definition) is 1. The number of methoxy groups -OCH3 is 2. The first-order valence-electron chi connectivity index (χ1n) is 4.16. The molecule has 0 saturated heterocycles. The molecule has 0 fully saturated rings. The standard InChI is InChI=1S/C8H18O4S/c1-9-3-4-11-5-6-12-7-8(13)10-2/h8,13H,3-7H2,1-2H3. The molecule has 0 bridgehead atoms. The number of thiol groups is 1. The molecule has 0 radical (unpaired) electrons. The summed E-state index contributed by atoms with van der Waals surface area (Å²) in [5, 5.41) is 0. The minimum Gasteiger partial charge on any atom is -0.382 e. The van der Waals surface area contributed by atoms with Crippen molar-refractivity contribution in [3.05, 3.63) is 0 Å². The van der Waals surface area contributed by atoms with Gasteiger partial charge in [-0.15, -0.1) is 12.6 Å². The van der Waals surface area contributed by atoms with Gasteiger partial charge in [-0.05, 0) is 0 Å². The van der Waals surface area contributed by atoms with E-state index >= 15 is 0 Å². The molecule has 5 heteroatoms. The highest BCUT2D eigenvalue weighted by molar-refractivity contribution is 7.80. The van der Waals surface area contributed by atoms with E-state index in [1.54, 1.807) is 14.2 Å². The summed E-state index contributed by atoms with van der Waals surface area (Å²) in [5.41, 5.74) is -0.154. The van der Waals surface area contributed by atoms with Crippen LogP contribution in [0, 0.1) is 0 Å². The monoisotopic (exact) mass is 210 g/mol. The summed E-state index contributed by atoms with van der Waals surface area (Å²) in [7, 11) is 3.24. The minimum atomic E-state index is -0.154. The largest absolute Gasteiger partial charge is 0.382 e. The Kier molecular flexibility index (Phi) is 10.4. The zero-order valence-corrected chi connectivity index (χ0v) is 9.09. The van der Waals surface area contributed by atoms with E-state index in [-0.39, 0.29) is 5.44 Å². The SMILES string of the molecule is COCCOCCOCC(S)OC. The van der Waals surface area contributed by atoms with Gasteiger partial charge in [-0.2, -0.15) is 0 Å². The summed E-state index contributed by atoms with van der Waals surface area (Å²) in [6.07, 6.45) is 0. The van der Waals surface area contributed by atoms with Gasteiger partial charge in [0.2, 0.25) is 0 Å². The molecule has 13 heavy (non-hydrogen) atoms. The average molecular weight is 210 g/mol. The Labute approximate surface area is 84.9 Å². The molecule has 0 aliphatic rings. The van der Waals surface area contributed by atoms with Crippen molar-refractivity contribution in [2.24, 2.45) is 0 Å². The van der Waals surface area contributed by atoms with Crippen LogP contribution >= 0.6 is 12.6 Å². The van der Waals surface area contributed by atoms with E-state index in [1.807, 2.05) is 0 Å². The van der Waals surface area contributed by atoms with E-state index < -0.39 is 0 Å². The number of hydrogen-bond acceptors (Lipinski definition) is 5. The van der Waals surface area contributed by atoms with Crippen LogP contribution in [0.3, 0.4) is 0 Å². The number of rotatable bonds is 9. The second-order valence-corrected chi connectivity index (χ2v) is 2.95. The quantitative estimate of drug-likeness (QED) is 0.343. The highest BCUT2D eigenvalue weighted by Gasteiger charge is 1.98. The predicted molar refractivity (Wildman–Crippen MR) is 53.3 cm³/mol. The summed E-state index contributed by atoms with van der Waals surface area (Å²) in [4.78, 5) is 0. The minimum absolute atomic E-state index is 0.154. The second-order valence-electron chi connectivity index (χ2n) is 2.37. The first-order valence-corrected chi connectivity index (χ1v) is 4.68. The topological polar surface area (TPSA) is 36.9 Å². The van der Waals surface area contributed by atoms with Crippen LogP contribution in [0.4, 0.5) is 0 Å². The Morgan fingerprint density at radius 2 is 1.62 bits per heavy atom. The molecule has 1 atom stereocenters. The van der Waals surface area contributed by atoms with Gasteiger partial charge < -0.3 is 18.9 Å². The molecule has 0 heterocycles. The van der Waals surface area contributed by atoms with Crippen LogP contribution in [0.2, 0.25) is 0 Å². The fourth-order valence-corrected chi connectivity index (χ4v) is 0.720. The van der Waals surface area contributed by atoms with E-state index in [1.165, 1.54) is 0 Å². The van der Waals surface area contributed by atoms with E-state index in [9.17, 15) is 0 Å². The predicted octanol–water partition coefficient (Wildman–Crippen LogP) is 0.568. The maximum atomic E-state index is 5.20. The van der Waals surface area contributed by atoms with Crippen molar-refractivity contribution in [2.75, 3.05) is 47.3 Å². The van der Waals surface area contributed by atoms with Crippen LogP contribution in [0.25, 0.3) is 0 Å². The molecule has 1 unspecified atom stereocenters. The first-order chi connectivity index (χ1) is 6.31.